The number of hydrogen-bond acceptors (Lipinski definition) is 3. The number of amides is 1. The molecule has 0 heterocycles. The Morgan fingerprint density at radius 3 is 2.20 bits per heavy atom. The molecule has 0 bridgehead atoms. The zero-order chi connectivity index (χ0) is 8.20. The molecule has 0 fully saturated rings. The highest BCUT2D eigenvalue weighted by molar-refractivity contribution is 5.67. The Labute approximate surface area is 60.3 Å². The quantitative estimate of drug-likeness (QED) is 0.488. The van der Waals surface area contributed by atoms with Gasteiger partial charge in [0.25, 0.3) is 0 Å². The predicted octanol–water partition coefficient (Wildman–Crippen LogP) is 2.00. The van der Waals surface area contributed by atoms with Gasteiger partial charge in [-0.25, -0.2) is 4.79 Å². The number of nitrogens with zero attached hydrogens (tertiary/aromatic N) is 2. The SMILES string of the molecule is CN=NC(=O)OC(C)(C)C. The van der Waals surface area contributed by atoms with Gasteiger partial charge in [-0.2, -0.15) is 5.11 Å². The molecule has 0 aliphatic rings. The topological polar surface area (TPSA) is 51.0 Å². The third-order valence-corrected chi connectivity index (χ3v) is 0.575. The largest absolute Gasteiger partial charge is 0.452 e. The van der Waals surface area contributed by atoms with Gasteiger partial charge in [0.05, 0.1) is 0 Å². The van der Waals surface area contributed by atoms with Crippen LogP contribution in [0.15, 0.2) is 10.2 Å². The van der Waals surface area contributed by atoms with E-state index in [0.29, 0.717) is 0 Å². The summed E-state index contributed by atoms with van der Waals surface area (Å²) in [5.74, 6) is 0. The zero-order valence-corrected chi connectivity index (χ0v) is 6.71. The van der Waals surface area contributed by atoms with Crippen LogP contribution in [0.3, 0.4) is 0 Å². The first-order chi connectivity index (χ1) is 4.45. The molecule has 0 aromatic rings. The van der Waals surface area contributed by atoms with Crippen LogP contribution >= 0.6 is 0 Å². The maximum atomic E-state index is 10.6. The van der Waals surface area contributed by atoms with Gasteiger partial charge in [0.2, 0.25) is 0 Å². The third kappa shape index (κ3) is 5.21. The number of rotatable bonds is 0. The molecule has 0 N–H and O–H groups in total. The zero-order valence-electron chi connectivity index (χ0n) is 6.71. The van der Waals surface area contributed by atoms with Crippen LogP contribution in [0, 0.1) is 0 Å². The van der Waals surface area contributed by atoms with E-state index in [4.69, 9.17) is 4.74 Å². The van der Waals surface area contributed by atoms with Crippen molar-refractivity contribution in [1.29, 1.82) is 0 Å². The summed E-state index contributed by atoms with van der Waals surface area (Å²) in [6, 6.07) is 0. The van der Waals surface area contributed by atoms with E-state index < -0.39 is 11.7 Å². The molecule has 0 aliphatic heterocycles. The van der Waals surface area contributed by atoms with Crippen molar-refractivity contribution in [3.8, 4) is 0 Å². The summed E-state index contributed by atoms with van der Waals surface area (Å²) in [4.78, 5) is 10.6. The summed E-state index contributed by atoms with van der Waals surface area (Å²) in [5, 5.41) is 6.44. The molecule has 0 saturated heterocycles. The van der Waals surface area contributed by atoms with Crippen molar-refractivity contribution < 1.29 is 9.53 Å². The minimum absolute atomic E-state index is 0.481. The van der Waals surface area contributed by atoms with Crippen LogP contribution in [-0.2, 0) is 4.74 Å². The van der Waals surface area contributed by atoms with Crippen LogP contribution in [0.25, 0.3) is 0 Å². The van der Waals surface area contributed by atoms with E-state index in [1.807, 2.05) is 0 Å². The molecule has 1 amide bonds. The fraction of sp³-hybridized carbons (Fsp3) is 0.833. The van der Waals surface area contributed by atoms with Crippen LogP contribution in [0.1, 0.15) is 20.8 Å². The summed E-state index contributed by atoms with van der Waals surface area (Å²) in [5.41, 5.74) is -0.481. The Hall–Kier alpha value is -0.930. The van der Waals surface area contributed by atoms with E-state index in [1.165, 1.54) is 7.05 Å². The number of carbonyl (C=O) groups excluding carboxylic acids is 1. The second-order valence-corrected chi connectivity index (χ2v) is 2.78. The highest BCUT2D eigenvalue weighted by atomic mass is 16.6. The van der Waals surface area contributed by atoms with Crippen molar-refractivity contribution >= 4 is 6.09 Å². The van der Waals surface area contributed by atoms with Crippen LogP contribution in [-0.4, -0.2) is 18.7 Å². The van der Waals surface area contributed by atoms with E-state index in [0.717, 1.165) is 0 Å². The lowest BCUT2D eigenvalue weighted by Gasteiger charge is -2.16. The Morgan fingerprint density at radius 2 is 1.90 bits per heavy atom. The van der Waals surface area contributed by atoms with E-state index in [9.17, 15) is 4.79 Å². The summed E-state index contributed by atoms with van der Waals surface area (Å²) < 4.78 is 4.78. The molecule has 0 spiro atoms. The van der Waals surface area contributed by atoms with Gasteiger partial charge in [0.15, 0.2) is 0 Å². The second kappa shape index (κ2) is 3.29. The molecule has 0 rings (SSSR count). The number of ether oxygens (including phenoxy) is 1. The van der Waals surface area contributed by atoms with Crippen LogP contribution < -0.4 is 0 Å². The molecule has 10 heavy (non-hydrogen) atoms. The highest BCUT2D eigenvalue weighted by Gasteiger charge is 2.14. The first-order valence-electron chi connectivity index (χ1n) is 2.98. The molecule has 0 aromatic heterocycles. The van der Waals surface area contributed by atoms with Crippen LogP contribution in [0.4, 0.5) is 4.79 Å². The molecule has 4 heteroatoms. The lowest BCUT2D eigenvalue weighted by molar-refractivity contribution is 0.0591. The summed E-state index contributed by atoms with van der Waals surface area (Å²) in [7, 11) is 1.42. The van der Waals surface area contributed by atoms with Crippen LogP contribution in [0.2, 0.25) is 0 Å². The average Bonchev–Trinajstić information content (AvgIpc) is 1.59. The van der Waals surface area contributed by atoms with Gasteiger partial charge in [-0.3, -0.25) is 0 Å². The lowest BCUT2D eigenvalue weighted by atomic mass is 10.2. The molecule has 0 aromatic carbocycles. The van der Waals surface area contributed by atoms with Crippen molar-refractivity contribution in [3.05, 3.63) is 0 Å². The fourth-order valence-corrected chi connectivity index (χ4v) is 0.364. The minimum atomic E-state index is -0.644. The van der Waals surface area contributed by atoms with E-state index in [1.54, 1.807) is 20.8 Å². The molecule has 0 saturated carbocycles. The number of hydrogen-bond donors (Lipinski definition) is 0. The summed E-state index contributed by atoms with van der Waals surface area (Å²) >= 11 is 0. The minimum Gasteiger partial charge on any atom is -0.441 e. The van der Waals surface area contributed by atoms with Crippen molar-refractivity contribution in [2.75, 3.05) is 7.05 Å². The standard InChI is InChI=1S/C6H12N2O2/c1-6(2,3)10-5(9)8-7-4/h1-4H3. The van der Waals surface area contributed by atoms with Gasteiger partial charge < -0.3 is 4.74 Å². The second-order valence-electron chi connectivity index (χ2n) is 2.78. The summed E-state index contributed by atoms with van der Waals surface area (Å²) in [6.45, 7) is 5.32. The smallest absolute Gasteiger partial charge is 0.441 e. The molecular formula is C6H12N2O2. The molecule has 0 radical (unpaired) electrons. The van der Waals surface area contributed by atoms with Crippen molar-refractivity contribution in [3.63, 3.8) is 0 Å². The lowest BCUT2D eigenvalue weighted by Crippen LogP contribution is -2.21. The van der Waals surface area contributed by atoms with Crippen LogP contribution in [0.5, 0.6) is 0 Å². The van der Waals surface area contributed by atoms with Gasteiger partial charge >= 0.3 is 6.09 Å². The van der Waals surface area contributed by atoms with Crippen molar-refractivity contribution in [2.24, 2.45) is 10.2 Å². The van der Waals surface area contributed by atoms with E-state index in [2.05, 4.69) is 10.2 Å². The third-order valence-electron chi connectivity index (χ3n) is 0.575. The fourth-order valence-electron chi connectivity index (χ4n) is 0.364. The Bertz CT molecular complexity index is 146. The summed E-state index contributed by atoms with van der Waals surface area (Å²) in [6.07, 6.45) is -0.644. The first kappa shape index (κ1) is 9.07. The van der Waals surface area contributed by atoms with Crippen molar-refractivity contribution in [1.82, 2.24) is 0 Å². The normalized spacial score (nSPS) is 12.0. The molecule has 0 aliphatic carbocycles. The molecule has 0 atom stereocenters. The van der Waals surface area contributed by atoms with Gasteiger partial charge in [-0.15, -0.1) is 0 Å². The Morgan fingerprint density at radius 1 is 1.40 bits per heavy atom. The molecule has 4 nitrogen and oxygen atoms in total. The maximum absolute atomic E-state index is 10.6. The van der Waals surface area contributed by atoms with E-state index >= 15 is 0 Å². The van der Waals surface area contributed by atoms with Gasteiger partial charge in [0.1, 0.15) is 5.60 Å². The number of azo groups is 1. The average molecular weight is 144 g/mol. The predicted molar refractivity (Wildman–Crippen MR) is 37.0 cm³/mol. The van der Waals surface area contributed by atoms with Gasteiger partial charge in [0, 0.05) is 7.05 Å². The highest BCUT2D eigenvalue weighted by Crippen LogP contribution is 2.07. The first-order valence-corrected chi connectivity index (χ1v) is 2.98. The van der Waals surface area contributed by atoms with Gasteiger partial charge in [-0.1, -0.05) is 5.11 Å². The number of carbonyl (C=O) groups is 1. The Kier molecular flexibility index (Phi) is 2.99. The molecular weight excluding hydrogens is 132 g/mol. The maximum Gasteiger partial charge on any atom is 0.452 e. The van der Waals surface area contributed by atoms with E-state index in [-0.39, 0.29) is 0 Å². The van der Waals surface area contributed by atoms with Crippen molar-refractivity contribution in [2.45, 2.75) is 26.4 Å². The molecule has 0 unspecified atom stereocenters. The Balaban J connectivity index is 3.81. The monoisotopic (exact) mass is 144 g/mol. The van der Waals surface area contributed by atoms with Gasteiger partial charge in [-0.05, 0) is 20.8 Å². The molecule has 58 valence electrons.